The normalized spacial score (nSPS) is 11.7. The molecule has 28 heavy (non-hydrogen) atoms. The Bertz CT molecular complexity index is 992. The first-order chi connectivity index (χ1) is 13.4. The van der Waals surface area contributed by atoms with Crippen molar-refractivity contribution in [2.75, 3.05) is 5.32 Å². The lowest BCUT2D eigenvalue weighted by atomic mass is 10.0. The maximum atomic E-state index is 13.4. The molecule has 0 radical (unpaired) electrons. The number of nitrogens with one attached hydrogen (secondary N) is 2. The summed E-state index contributed by atoms with van der Waals surface area (Å²) in [7, 11) is 0. The highest BCUT2D eigenvalue weighted by molar-refractivity contribution is 7.14. The quantitative estimate of drug-likeness (QED) is 0.647. The molecule has 0 bridgehead atoms. The molecule has 3 rings (SSSR count). The van der Waals surface area contributed by atoms with Crippen LogP contribution < -0.4 is 10.6 Å². The van der Waals surface area contributed by atoms with E-state index in [1.165, 1.54) is 24.3 Å². The van der Waals surface area contributed by atoms with Gasteiger partial charge < -0.3 is 10.6 Å². The van der Waals surface area contributed by atoms with Gasteiger partial charge in [0, 0.05) is 17.9 Å². The lowest BCUT2D eigenvalue weighted by molar-refractivity contribution is -0.120. The van der Waals surface area contributed by atoms with E-state index in [-0.39, 0.29) is 18.2 Å². The van der Waals surface area contributed by atoms with E-state index in [2.05, 4.69) is 15.6 Å². The lowest BCUT2D eigenvalue weighted by Gasteiger charge is -2.17. The molecule has 2 N–H and O–H groups in total. The van der Waals surface area contributed by atoms with E-state index in [4.69, 9.17) is 0 Å². The van der Waals surface area contributed by atoms with Crippen molar-refractivity contribution in [3.63, 3.8) is 0 Å². The van der Waals surface area contributed by atoms with Gasteiger partial charge >= 0.3 is 0 Å². The highest BCUT2D eigenvalue weighted by atomic mass is 32.1. The molecule has 2 amide bonds. The summed E-state index contributed by atoms with van der Waals surface area (Å²) in [4.78, 5) is 28.1. The number of amides is 2. The van der Waals surface area contributed by atoms with Crippen LogP contribution in [0.15, 0.2) is 53.9 Å². The first kappa shape index (κ1) is 19.6. The Kier molecular flexibility index (Phi) is 6.10. The molecule has 144 valence electrons. The molecular formula is C20H17F2N3O2S. The van der Waals surface area contributed by atoms with Crippen LogP contribution in [0.2, 0.25) is 0 Å². The van der Waals surface area contributed by atoms with E-state index < -0.39 is 17.7 Å². The Morgan fingerprint density at radius 2 is 1.86 bits per heavy atom. The Balaban J connectivity index is 1.69. The fraction of sp³-hybridized carbons (Fsp3) is 0.150. The Hall–Kier alpha value is -3.13. The zero-order valence-corrected chi connectivity index (χ0v) is 15.7. The molecule has 0 saturated carbocycles. The fourth-order valence-electron chi connectivity index (χ4n) is 2.66. The topological polar surface area (TPSA) is 71.1 Å². The summed E-state index contributed by atoms with van der Waals surface area (Å²) < 4.78 is 26.5. The molecular weight excluding hydrogens is 384 g/mol. The van der Waals surface area contributed by atoms with Crippen LogP contribution in [0, 0.1) is 11.6 Å². The number of nitrogens with zero attached hydrogens (tertiary/aromatic N) is 1. The fourth-order valence-corrected chi connectivity index (χ4v) is 3.39. The largest absolute Gasteiger partial charge is 0.349 e. The molecule has 1 heterocycles. The third kappa shape index (κ3) is 4.98. The Morgan fingerprint density at radius 3 is 2.54 bits per heavy atom. The highest BCUT2D eigenvalue weighted by Gasteiger charge is 2.18. The maximum absolute atomic E-state index is 13.4. The van der Waals surface area contributed by atoms with Crippen molar-refractivity contribution in [2.45, 2.75) is 19.4 Å². The molecule has 0 unspecified atom stereocenters. The molecule has 3 aromatic rings. The Labute approximate surface area is 164 Å². The van der Waals surface area contributed by atoms with Gasteiger partial charge in [0.25, 0.3) is 0 Å². The van der Waals surface area contributed by atoms with Crippen LogP contribution in [0.3, 0.4) is 0 Å². The van der Waals surface area contributed by atoms with E-state index in [0.717, 1.165) is 17.7 Å². The van der Waals surface area contributed by atoms with Gasteiger partial charge in [-0.25, -0.2) is 13.8 Å². The Morgan fingerprint density at radius 1 is 1.11 bits per heavy atom. The number of benzene rings is 2. The number of rotatable bonds is 6. The predicted molar refractivity (Wildman–Crippen MR) is 104 cm³/mol. The summed E-state index contributed by atoms with van der Waals surface area (Å²) in [6.45, 7) is 1.39. The minimum absolute atomic E-state index is 0.0314. The summed E-state index contributed by atoms with van der Waals surface area (Å²) in [5, 5.41) is 7.42. The smallest absolute Gasteiger partial charge is 0.228 e. The van der Waals surface area contributed by atoms with Crippen LogP contribution in [-0.2, 0) is 9.59 Å². The van der Waals surface area contributed by atoms with Gasteiger partial charge in [0.1, 0.15) is 0 Å². The van der Waals surface area contributed by atoms with Crippen molar-refractivity contribution in [3.05, 3.63) is 71.1 Å². The molecule has 1 atom stereocenters. The molecule has 5 nitrogen and oxygen atoms in total. The van der Waals surface area contributed by atoms with Crippen molar-refractivity contribution >= 4 is 28.3 Å². The average molecular weight is 401 g/mol. The SMILES string of the molecule is CC(=O)N[C@H](CC(=O)Nc1nc(-c2ccc(F)c(F)c2)cs1)c1ccccc1. The van der Waals surface area contributed by atoms with E-state index in [1.54, 1.807) is 5.38 Å². The van der Waals surface area contributed by atoms with Crippen LogP contribution in [0.5, 0.6) is 0 Å². The summed E-state index contributed by atoms with van der Waals surface area (Å²) in [6.07, 6.45) is 0.0314. The zero-order chi connectivity index (χ0) is 20.1. The van der Waals surface area contributed by atoms with Crippen molar-refractivity contribution in [1.82, 2.24) is 10.3 Å². The number of anilines is 1. The second kappa shape index (κ2) is 8.71. The minimum atomic E-state index is -0.961. The van der Waals surface area contributed by atoms with E-state index in [9.17, 15) is 18.4 Å². The third-order valence-electron chi connectivity index (χ3n) is 3.93. The van der Waals surface area contributed by atoms with Gasteiger partial charge in [-0.15, -0.1) is 11.3 Å². The monoisotopic (exact) mass is 401 g/mol. The van der Waals surface area contributed by atoms with Crippen molar-refractivity contribution in [2.24, 2.45) is 0 Å². The van der Waals surface area contributed by atoms with Gasteiger partial charge in [-0.3, -0.25) is 9.59 Å². The van der Waals surface area contributed by atoms with Crippen LogP contribution in [-0.4, -0.2) is 16.8 Å². The summed E-state index contributed by atoms with van der Waals surface area (Å²) in [6, 6.07) is 12.2. The molecule has 0 saturated heterocycles. The molecule has 0 fully saturated rings. The number of carbonyl (C=O) groups excluding carboxylic acids is 2. The lowest BCUT2D eigenvalue weighted by Crippen LogP contribution is -2.29. The van der Waals surface area contributed by atoms with Crippen LogP contribution in [0.25, 0.3) is 11.3 Å². The van der Waals surface area contributed by atoms with E-state index >= 15 is 0 Å². The molecule has 0 aliphatic heterocycles. The van der Waals surface area contributed by atoms with Gasteiger partial charge in [-0.1, -0.05) is 30.3 Å². The van der Waals surface area contributed by atoms with Crippen molar-refractivity contribution in [3.8, 4) is 11.3 Å². The number of hydrogen-bond acceptors (Lipinski definition) is 4. The maximum Gasteiger partial charge on any atom is 0.228 e. The first-order valence-electron chi connectivity index (χ1n) is 8.45. The van der Waals surface area contributed by atoms with Gasteiger partial charge in [-0.2, -0.15) is 0 Å². The molecule has 8 heteroatoms. The van der Waals surface area contributed by atoms with E-state index in [1.807, 2.05) is 30.3 Å². The molecule has 2 aromatic carbocycles. The molecule has 1 aromatic heterocycles. The number of hydrogen-bond donors (Lipinski definition) is 2. The zero-order valence-electron chi connectivity index (χ0n) is 14.9. The van der Waals surface area contributed by atoms with Crippen molar-refractivity contribution in [1.29, 1.82) is 0 Å². The second-order valence-corrected chi connectivity index (χ2v) is 6.94. The van der Waals surface area contributed by atoms with Gasteiger partial charge in [-0.05, 0) is 23.8 Å². The molecule has 0 aliphatic carbocycles. The van der Waals surface area contributed by atoms with Gasteiger partial charge in [0.2, 0.25) is 11.8 Å². The molecule has 0 spiro atoms. The third-order valence-corrected chi connectivity index (χ3v) is 4.69. The molecule has 0 aliphatic rings. The predicted octanol–water partition coefficient (Wildman–Crippen LogP) is 4.29. The number of aromatic nitrogens is 1. The number of thiazole rings is 1. The average Bonchev–Trinajstić information content (AvgIpc) is 3.12. The van der Waals surface area contributed by atoms with Gasteiger partial charge in [0.05, 0.1) is 18.2 Å². The van der Waals surface area contributed by atoms with Crippen LogP contribution >= 0.6 is 11.3 Å². The number of carbonyl (C=O) groups is 2. The van der Waals surface area contributed by atoms with Gasteiger partial charge in [0.15, 0.2) is 16.8 Å². The highest BCUT2D eigenvalue weighted by Crippen LogP contribution is 2.26. The standard InChI is InChI=1S/C20H17F2N3O2S/c1-12(26)23-17(13-5-3-2-4-6-13)10-19(27)25-20-24-18(11-28-20)14-7-8-15(21)16(22)9-14/h2-9,11,17H,10H2,1H3,(H,23,26)(H,24,25,27)/t17-/m1/s1. The van der Waals surface area contributed by atoms with Crippen LogP contribution in [0.1, 0.15) is 24.9 Å². The second-order valence-electron chi connectivity index (χ2n) is 6.08. The minimum Gasteiger partial charge on any atom is -0.349 e. The summed E-state index contributed by atoms with van der Waals surface area (Å²) in [5.74, 6) is -2.46. The first-order valence-corrected chi connectivity index (χ1v) is 9.33. The number of halogens is 2. The summed E-state index contributed by atoms with van der Waals surface area (Å²) in [5.41, 5.74) is 1.66. The van der Waals surface area contributed by atoms with E-state index in [0.29, 0.717) is 16.4 Å². The van der Waals surface area contributed by atoms with Crippen molar-refractivity contribution < 1.29 is 18.4 Å². The summed E-state index contributed by atoms with van der Waals surface area (Å²) >= 11 is 1.17. The van der Waals surface area contributed by atoms with Crippen LogP contribution in [0.4, 0.5) is 13.9 Å².